The third-order valence-corrected chi connectivity index (χ3v) is 8.06. The molecule has 0 saturated carbocycles. The van der Waals surface area contributed by atoms with Gasteiger partial charge in [0.1, 0.15) is 24.7 Å². The molecule has 262 valence electrons. The van der Waals surface area contributed by atoms with E-state index in [4.69, 9.17) is 9.47 Å². The summed E-state index contributed by atoms with van der Waals surface area (Å²) in [4.78, 5) is 21.4. The van der Waals surface area contributed by atoms with Gasteiger partial charge in [-0.05, 0) is 72.9 Å². The number of esters is 2. The van der Waals surface area contributed by atoms with Crippen LogP contribution < -0.4 is 9.47 Å². The highest BCUT2D eigenvalue weighted by atomic mass is 16.5. The number of carbonyl (C=O) groups is 2. The average molecular weight is 655 g/mol. The highest BCUT2D eigenvalue weighted by Crippen LogP contribution is 2.36. The van der Waals surface area contributed by atoms with Crippen LogP contribution in [0.3, 0.4) is 0 Å². The van der Waals surface area contributed by atoms with Crippen molar-refractivity contribution in [3.8, 4) is 11.5 Å². The van der Waals surface area contributed by atoms with E-state index in [1.165, 1.54) is 25.3 Å². The summed E-state index contributed by atoms with van der Waals surface area (Å²) < 4.78 is 20.8. The monoisotopic (exact) mass is 654 g/mol. The topological polar surface area (TPSA) is 112 Å². The van der Waals surface area contributed by atoms with Gasteiger partial charge in [-0.1, -0.05) is 77.0 Å². The number of allylic oxidation sites excluding steroid dienone is 2. The Balaban J connectivity index is 0.000000663. The van der Waals surface area contributed by atoms with Gasteiger partial charge in [0.05, 0.1) is 26.4 Å². The largest absolute Gasteiger partial charge is 0.491 e. The van der Waals surface area contributed by atoms with E-state index in [2.05, 4.69) is 60.7 Å². The molecule has 0 aromatic heterocycles. The van der Waals surface area contributed by atoms with Gasteiger partial charge in [0.15, 0.2) is 0 Å². The number of hydrogen-bond donors (Lipinski definition) is 2. The minimum atomic E-state index is -0.472. The normalized spacial score (nSPS) is 12.2. The lowest BCUT2D eigenvalue weighted by molar-refractivity contribution is -0.141. The molecule has 47 heavy (non-hydrogen) atoms. The predicted octanol–water partition coefficient (Wildman–Crippen LogP) is 7.44. The summed E-state index contributed by atoms with van der Waals surface area (Å²) in [7, 11) is 2.78. The predicted molar refractivity (Wildman–Crippen MR) is 188 cm³/mol. The maximum atomic E-state index is 10.7. The Hall–Kier alpha value is -3.62. The highest BCUT2D eigenvalue weighted by molar-refractivity contribution is 5.69. The average Bonchev–Trinajstić information content (AvgIpc) is 3.08. The van der Waals surface area contributed by atoms with Crippen LogP contribution >= 0.6 is 0 Å². The molecule has 0 saturated heterocycles. The van der Waals surface area contributed by atoms with Gasteiger partial charge >= 0.3 is 11.9 Å². The first-order valence-corrected chi connectivity index (χ1v) is 16.7. The van der Waals surface area contributed by atoms with Gasteiger partial charge in [-0.25, -0.2) is 0 Å². The summed E-state index contributed by atoms with van der Waals surface area (Å²) in [5.41, 5.74) is 4.19. The third kappa shape index (κ3) is 15.2. The smallest absolute Gasteiger partial charge is 0.305 e. The first-order chi connectivity index (χ1) is 22.5. The molecule has 0 amide bonds. The Morgan fingerprint density at radius 2 is 1.11 bits per heavy atom. The fourth-order valence-electron chi connectivity index (χ4n) is 4.72. The Labute approximate surface area is 282 Å². The number of hydrogen-bond acceptors (Lipinski definition) is 8. The second-order valence-electron chi connectivity index (χ2n) is 12.1. The molecular formula is C39H58O8. The van der Waals surface area contributed by atoms with Crippen LogP contribution in [0.4, 0.5) is 0 Å². The maximum absolute atomic E-state index is 10.7. The molecule has 2 N–H and O–H groups in total. The summed E-state index contributed by atoms with van der Waals surface area (Å²) in [5.74, 6) is 1.23. The number of aliphatic hydroxyl groups is 2. The first-order valence-electron chi connectivity index (χ1n) is 16.7. The Bertz CT molecular complexity index is 1140. The molecule has 0 aliphatic carbocycles. The zero-order valence-corrected chi connectivity index (χ0v) is 29.5. The molecule has 0 radical (unpaired) electrons. The summed E-state index contributed by atoms with van der Waals surface area (Å²) in [6, 6.07) is 12.5. The SMILES string of the molecule is C=CCc1cc(C(C)(C)c2ccc(OCC(O)CC)c(CC=C)c2)ccc1OCC(O)CC.COC(=O)CCCCCCC(=O)OC. The molecule has 0 spiro atoms. The molecule has 2 atom stereocenters. The van der Waals surface area contributed by atoms with Crippen LogP contribution in [0.2, 0.25) is 0 Å². The van der Waals surface area contributed by atoms with Gasteiger partial charge in [-0.15, -0.1) is 13.2 Å². The lowest BCUT2D eigenvalue weighted by Crippen LogP contribution is -2.21. The summed E-state index contributed by atoms with van der Waals surface area (Å²) >= 11 is 0. The van der Waals surface area contributed by atoms with Gasteiger partial charge in [-0.3, -0.25) is 9.59 Å². The van der Waals surface area contributed by atoms with Crippen molar-refractivity contribution in [3.63, 3.8) is 0 Å². The van der Waals surface area contributed by atoms with Crippen molar-refractivity contribution in [1.82, 2.24) is 0 Å². The van der Waals surface area contributed by atoms with E-state index in [0.717, 1.165) is 48.3 Å². The van der Waals surface area contributed by atoms with Crippen LogP contribution in [0, 0.1) is 0 Å². The molecule has 2 rings (SSSR count). The number of benzene rings is 2. The zero-order valence-electron chi connectivity index (χ0n) is 29.5. The van der Waals surface area contributed by atoms with E-state index in [9.17, 15) is 19.8 Å². The number of ether oxygens (including phenoxy) is 4. The van der Waals surface area contributed by atoms with Crippen molar-refractivity contribution in [2.75, 3.05) is 27.4 Å². The van der Waals surface area contributed by atoms with Crippen LogP contribution in [0.1, 0.15) is 101 Å². The molecule has 2 aromatic carbocycles. The Morgan fingerprint density at radius 1 is 0.723 bits per heavy atom. The van der Waals surface area contributed by atoms with E-state index in [1.807, 2.05) is 38.1 Å². The van der Waals surface area contributed by atoms with Crippen molar-refractivity contribution in [1.29, 1.82) is 0 Å². The van der Waals surface area contributed by atoms with Gasteiger partial charge in [-0.2, -0.15) is 0 Å². The fourth-order valence-corrected chi connectivity index (χ4v) is 4.72. The Kier molecular flexibility index (Phi) is 20.1. The molecule has 0 aliphatic rings. The van der Waals surface area contributed by atoms with Crippen LogP contribution in [-0.4, -0.2) is 61.8 Å². The molecule has 0 aliphatic heterocycles. The number of aliphatic hydroxyl groups excluding tert-OH is 2. The second kappa shape index (κ2) is 22.8. The molecule has 2 aromatic rings. The number of rotatable bonds is 21. The van der Waals surface area contributed by atoms with Crippen LogP contribution in [0.5, 0.6) is 11.5 Å². The summed E-state index contributed by atoms with van der Waals surface area (Å²) in [5, 5.41) is 19.7. The molecular weight excluding hydrogens is 596 g/mol. The van der Waals surface area contributed by atoms with Crippen molar-refractivity contribution in [2.45, 2.75) is 110 Å². The van der Waals surface area contributed by atoms with E-state index < -0.39 is 12.2 Å². The van der Waals surface area contributed by atoms with Gasteiger partial charge in [0.25, 0.3) is 0 Å². The van der Waals surface area contributed by atoms with E-state index in [0.29, 0.717) is 38.5 Å². The molecule has 0 bridgehead atoms. The lowest BCUT2D eigenvalue weighted by atomic mass is 9.76. The summed E-state index contributed by atoms with van der Waals surface area (Å²) in [6.45, 7) is 16.6. The van der Waals surface area contributed by atoms with Crippen molar-refractivity contribution in [2.24, 2.45) is 0 Å². The minimum Gasteiger partial charge on any atom is -0.491 e. The molecule has 0 fully saturated rings. The van der Waals surface area contributed by atoms with Crippen LogP contribution in [0.25, 0.3) is 0 Å². The number of carbonyl (C=O) groups excluding carboxylic acids is 2. The molecule has 8 nitrogen and oxygen atoms in total. The van der Waals surface area contributed by atoms with Crippen molar-refractivity contribution < 1.29 is 38.7 Å². The second-order valence-corrected chi connectivity index (χ2v) is 12.1. The number of methoxy groups -OCH3 is 2. The quantitative estimate of drug-likeness (QED) is 0.0812. The Morgan fingerprint density at radius 3 is 1.43 bits per heavy atom. The van der Waals surface area contributed by atoms with Gasteiger partial charge in [0.2, 0.25) is 0 Å². The van der Waals surface area contributed by atoms with Crippen LogP contribution in [-0.2, 0) is 37.3 Å². The van der Waals surface area contributed by atoms with E-state index in [1.54, 1.807) is 0 Å². The van der Waals surface area contributed by atoms with Gasteiger partial charge in [0, 0.05) is 18.3 Å². The standard InChI is InChI=1S/C29H40O4.C10H18O4/c1-7-11-21-17-23(13-15-27(21)32-19-25(30)9-3)29(5,6)24-14-16-28(22(18-24)12-8-2)33-20-26(31)10-4;1-13-9(11)7-5-3-4-6-8-10(12)14-2/h7-8,13-18,25-26,30-31H,1-2,9-12,19-20H2,3-6H3;3-8H2,1-2H3. The van der Waals surface area contributed by atoms with E-state index >= 15 is 0 Å². The van der Waals surface area contributed by atoms with Crippen molar-refractivity contribution >= 4 is 11.9 Å². The number of unbranched alkanes of at least 4 members (excludes halogenated alkanes) is 3. The fraction of sp³-hybridized carbons (Fsp3) is 0.538. The van der Waals surface area contributed by atoms with Crippen molar-refractivity contribution in [3.05, 3.63) is 84.0 Å². The molecule has 0 heterocycles. The molecule has 8 heteroatoms. The van der Waals surface area contributed by atoms with E-state index in [-0.39, 0.29) is 30.6 Å². The lowest BCUT2D eigenvalue weighted by Gasteiger charge is -2.28. The van der Waals surface area contributed by atoms with Crippen LogP contribution in [0.15, 0.2) is 61.7 Å². The third-order valence-electron chi connectivity index (χ3n) is 8.06. The maximum Gasteiger partial charge on any atom is 0.305 e. The summed E-state index contributed by atoms with van der Waals surface area (Å²) in [6.07, 6.45) is 9.98. The molecule has 2 unspecified atom stereocenters. The highest BCUT2D eigenvalue weighted by Gasteiger charge is 2.25. The first kappa shape index (κ1) is 41.4. The zero-order chi connectivity index (χ0) is 35.2. The van der Waals surface area contributed by atoms with Gasteiger partial charge < -0.3 is 29.2 Å². The minimum absolute atomic E-state index is 0.169.